The van der Waals surface area contributed by atoms with Gasteiger partial charge in [0.05, 0.1) is 18.2 Å². The fourth-order valence-corrected chi connectivity index (χ4v) is 4.84. The molecule has 1 aromatic carbocycles. The Labute approximate surface area is 182 Å². The Balaban J connectivity index is 1.64. The van der Waals surface area contributed by atoms with E-state index in [-0.39, 0.29) is 29.9 Å². The molecule has 0 radical (unpaired) electrons. The van der Waals surface area contributed by atoms with Gasteiger partial charge in [0.2, 0.25) is 10.1 Å². The predicted octanol–water partition coefficient (Wildman–Crippen LogP) is 3.25. The Morgan fingerprint density at radius 2 is 1.94 bits per heavy atom. The summed E-state index contributed by atoms with van der Waals surface area (Å²) in [7, 11) is 0. The van der Waals surface area contributed by atoms with Gasteiger partial charge < -0.3 is 10.1 Å². The van der Waals surface area contributed by atoms with Crippen molar-refractivity contribution in [1.29, 1.82) is 0 Å². The second-order valence-electron chi connectivity index (χ2n) is 7.78. The van der Waals surface area contributed by atoms with Crippen molar-refractivity contribution in [2.45, 2.75) is 45.4 Å². The first-order valence-corrected chi connectivity index (χ1v) is 11.1. The molecular weight excluding hydrogens is 424 g/mol. The Bertz CT molecular complexity index is 1100. The van der Waals surface area contributed by atoms with E-state index in [9.17, 15) is 13.6 Å². The van der Waals surface area contributed by atoms with Crippen LogP contribution in [0.4, 0.5) is 13.9 Å². The maximum Gasteiger partial charge on any atom is 0.275 e. The maximum atomic E-state index is 14.7. The number of fused-ring (bicyclic) bond motifs is 1. The highest BCUT2D eigenvalue weighted by molar-refractivity contribution is 7.20. The van der Waals surface area contributed by atoms with Gasteiger partial charge in [-0.15, -0.1) is 5.10 Å². The molecule has 3 heterocycles. The number of halogens is 2. The maximum absolute atomic E-state index is 14.7. The van der Waals surface area contributed by atoms with Crippen molar-refractivity contribution in [3.63, 3.8) is 0 Å². The number of aromatic nitrogens is 3. The Morgan fingerprint density at radius 3 is 2.58 bits per heavy atom. The van der Waals surface area contributed by atoms with Crippen LogP contribution in [0.15, 0.2) is 29.1 Å². The first kappa shape index (κ1) is 21.8. The standard InChI is InChI=1S/C21H25F2N5O2S/c1-4-14-8-18(29)28-21(25-14)31-20(26-28)24-9-17(19-15(22)6-5-7-16(19)23)27-10-12(2)30-13(3)11-27/h5-8,12-13,17H,4,9-11H2,1-3H3,(H,24,26). The number of benzene rings is 1. The summed E-state index contributed by atoms with van der Waals surface area (Å²) in [6.07, 6.45) is 0.534. The topological polar surface area (TPSA) is 71.8 Å². The number of hydrogen-bond donors (Lipinski definition) is 1. The largest absolute Gasteiger partial charge is 0.373 e. The van der Waals surface area contributed by atoms with Gasteiger partial charge in [0.25, 0.3) is 5.56 Å². The van der Waals surface area contributed by atoms with E-state index in [1.165, 1.54) is 40.1 Å². The third kappa shape index (κ3) is 4.60. The van der Waals surface area contributed by atoms with Crippen LogP contribution in [-0.4, -0.2) is 51.3 Å². The summed E-state index contributed by atoms with van der Waals surface area (Å²) in [6.45, 7) is 7.13. The normalized spacial score (nSPS) is 20.8. The molecule has 3 unspecified atom stereocenters. The number of hydrogen-bond acceptors (Lipinski definition) is 7. The van der Waals surface area contributed by atoms with Crippen molar-refractivity contribution in [2.75, 3.05) is 25.0 Å². The number of nitrogens with zero attached hydrogens (tertiary/aromatic N) is 4. The molecular formula is C21H25F2N5O2S. The van der Waals surface area contributed by atoms with Crippen LogP contribution in [0.25, 0.3) is 4.96 Å². The molecule has 3 aromatic rings. The zero-order chi connectivity index (χ0) is 22.1. The number of anilines is 1. The zero-order valence-corrected chi connectivity index (χ0v) is 18.5. The smallest absolute Gasteiger partial charge is 0.275 e. The summed E-state index contributed by atoms with van der Waals surface area (Å²) in [6, 6.07) is 4.79. The van der Waals surface area contributed by atoms with Gasteiger partial charge in [0, 0.05) is 37.0 Å². The zero-order valence-electron chi connectivity index (χ0n) is 17.6. The van der Waals surface area contributed by atoms with E-state index in [1.54, 1.807) is 0 Å². The van der Waals surface area contributed by atoms with E-state index in [0.29, 0.717) is 35.3 Å². The molecule has 0 bridgehead atoms. The molecule has 1 aliphatic rings. The van der Waals surface area contributed by atoms with Gasteiger partial charge in [0.1, 0.15) is 11.6 Å². The van der Waals surface area contributed by atoms with Gasteiger partial charge in [-0.05, 0) is 32.4 Å². The lowest BCUT2D eigenvalue weighted by atomic mass is 10.0. The van der Waals surface area contributed by atoms with Crippen molar-refractivity contribution in [3.05, 3.63) is 57.5 Å². The Hall–Kier alpha value is -2.43. The van der Waals surface area contributed by atoms with Crippen LogP contribution in [0.3, 0.4) is 0 Å². The predicted molar refractivity (Wildman–Crippen MR) is 116 cm³/mol. The van der Waals surface area contributed by atoms with E-state index in [2.05, 4.69) is 15.4 Å². The molecule has 31 heavy (non-hydrogen) atoms. The van der Waals surface area contributed by atoms with E-state index in [0.717, 1.165) is 0 Å². The van der Waals surface area contributed by atoms with Crippen LogP contribution in [0.2, 0.25) is 0 Å². The van der Waals surface area contributed by atoms with Crippen LogP contribution in [0.1, 0.15) is 38.1 Å². The molecule has 7 nitrogen and oxygen atoms in total. The summed E-state index contributed by atoms with van der Waals surface area (Å²) in [5, 5.41) is 7.93. The quantitative estimate of drug-likeness (QED) is 0.623. The minimum Gasteiger partial charge on any atom is -0.373 e. The summed E-state index contributed by atoms with van der Waals surface area (Å²) < 4.78 is 36.4. The summed E-state index contributed by atoms with van der Waals surface area (Å²) in [4.78, 5) is 19.2. The van der Waals surface area contributed by atoms with E-state index < -0.39 is 17.7 Å². The summed E-state index contributed by atoms with van der Waals surface area (Å²) >= 11 is 1.23. The van der Waals surface area contributed by atoms with Gasteiger partial charge in [-0.3, -0.25) is 9.69 Å². The second kappa shape index (κ2) is 8.97. The molecule has 10 heteroatoms. The molecule has 1 aliphatic heterocycles. The van der Waals surface area contributed by atoms with Crippen LogP contribution >= 0.6 is 11.3 Å². The van der Waals surface area contributed by atoms with E-state index in [4.69, 9.17) is 4.74 Å². The van der Waals surface area contributed by atoms with Crippen molar-refractivity contribution in [1.82, 2.24) is 19.5 Å². The van der Waals surface area contributed by atoms with Crippen molar-refractivity contribution >= 4 is 21.4 Å². The van der Waals surface area contributed by atoms with Crippen molar-refractivity contribution in [2.24, 2.45) is 0 Å². The van der Waals surface area contributed by atoms with Gasteiger partial charge >= 0.3 is 0 Å². The highest BCUT2D eigenvalue weighted by Crippen LogP contribution is 2.30. The second-order valence-corrected chi connectivity index (χ2v) is 8.74. The molecule has 2 aromatic heterocycles. The summed E-state index contributed by atoms with van der Waals surface area (Å²) in [5.41, 5.74) is 0.461. The average Bonchev–Trinajstić information content (AvgIpc) is 3.13. The van der Waals surface area contributed by atoms with Crippen molar-refractivity contribution in [3.8, 4) is 0 Å². The first-order valence-electron chi connectivity index (χ1n) is 10.3. The van der Waals surface area contributed by atoms with Gasteiger partial charge in [0.15, 0.2) is 0 Å². The Morgan fingerprint density at radius 1 is 1.26 bits per heavy atom. The van der Waals surface area contributed by atoms with E-state index in [1.807, 2.05) is 25.7 Å². The number of aryl methyl sites for hydroxylation is 1. The number of rotatable bonds is 6. The SMILES string of the molecule is CCc1cc(=O)n2nc(NCC(c3c(F)cccc3F)N3CC(C)OC(C)C3)sc2n1. The molecule has 166 valence electrons. The molecule has 3 atom stereocenters. The molecule has 0 saturated carbocycles. The van der Waals surface area contributed by atoms with Crippen LogP contribution in [0.5, 0.6) is 0 Å². The third-order valence-electron chi connectivity index (χ3n) is 5.33. The summed E-state index contributed by atoms with van der Waals surface area (Å²) in [5.74, 6) is -1.18. The average molecular weight is 450 g/mol. The lowest BCUT2D eigenvalue weighted by Gasteiger charge is -2.40. The number of ether oxygens (including phenoxy) is 1. The minimum absolute atomic E-state index is 0.0148. The molecule has 1 fully saturated rings. The number of nitrogens with one attached hydrogen (secondary N) is 1. The lowest BCUT2D eigenvalue weighted by Crippen LogP contribution is -2.48. The molecule has 1 saturated heterocycles. The van der Waals surface area contributed by atoms with E-state index >= 15 is 0 Å². The number of morpholine rings is 1. The van der Waals surface area contributed by atoms with Crippen LogP contribution in [-0.2, 0) is 11.2 Å². The van der Waals surface area contributed by atoms with Crippen LogP contribution in [0, 0.1) is 11.6 Å². The minimum atomic E-state index is -0.589. The fourth-order valence-electron chi connectivity index (χ4n) is 4.01. The molecule has 0 amide bonds. The first-order chi connectivity index (χ1) is 14.9. The molecule has 4 rings (SSSR count). The van der Waals surface area contributed by atoms with Crippen LogP contribution < -0.4 is 10.9 Å². The van der Waals surface area contributed by atoms with Gasteiger partial charge in [-0.2, -0.15) is 4.52 Å². The monoisotopic (exact) mass is 449 g/mol. The lowest BCUT2D eigenvalue weighted by molar-refractivity contribution is -0.0801. The fraction of sp³-hybridized carbons (Fsp3) is 0.476. The highest BCUT2D eigenvalue weighted by Gasteiger charge is 2.32. The Kier molecular flexibility index (Phi) is 6.31. The highest BCUT2D eigenvalue weighted by atomic mass is 32.1. The molecule has 1 N–H and O–H groups in total. The van der Waals surface area contributed by atoms with Crippen molar-refractivity contribution < 1.29 is 13.5 Å². The molecule has 0 spiro atoms. The van der Waals surface area contributed by atoms with Gasteiger partial charge in [-0.25, -0.2) is 13.8 Å². The van der Waals surface area contributed by atoms with Gasteiger partial charge in [-0.1, -0.05) is 24.3 Å². The third-order valence-corrected chi connectivity index (χ3v) is 6.19. The molecule has 0 aliphatic carbocycles.